The first-order valence-corrected chi connectivity index (χ1v) is 7.05. The zero-order valence-corrected chi connectivity index (χ0v) is 12.5. The van der Waals surface area contributed by atoms with Gasteiger partial charge in [0.2, 0.25) is 0 Å². The topological polar surface area (TPSA) is 30.5 Å². The van der Waals surface area contributed by atoms with Gasteiger partial charge in [-0.25, -0.2) is 0 Å². The Hall–Kier alpha value is -1.06. The normalized spacial score (nSPS) is 21.6. The lowest BCUT2D eigenvalue weighted by Crippen LogP contribution is -2.24. The van der Waals surface area contributed by atoms with Gasteiger partial charge < -0.3 is 14.8 Å². The summed E-state index contributed by atoms with van der Waals surface area (Å²) in [6.45, 7) is 7.85. The molecule has 1 aliphatic rings. The van der Waals surface area contributed by atoms with Crippen molar-refractivity contribution in [2.45, 2.75) is 51.9 Å². The van der Waals surface area contributed by atoms with E-state index in [0.717, 1.165) is 25.1 Å². The van der Waals surface area contributed by atoms with E-state index in [1.807, 2.05) is 7.05 Å². The Morgan fingerprint density at radius 2 is 2.21 bits per heavy atom. The molecule has 3 heteroatoms. The van der Waals surface area contributed by atoms with E-state index in [-0.39, 0.29) is 11.7 Å². The molecule has 0 radical (unpaired) electrons. The van der Waals surface area contributed by atoms with Crippen molar-refractivity contribution < 1.29 is 9.47 Å². The van der Waals surface area contributed by atoms with Crippen LogP contribution in [0.2, 0.25) is 0 Å². The maximum absolute atomic E-state index is 6.03. The van der Waals surface area contributed by atoms with E-state index in [1.165, 1.54) is 11.1 Å². The summed E-state index contributed by atoms with van der Waals surface area (Å²) in [5.74, 6) is 1.00. The number of ether oxygens (including phenoxy) is 2. The van der Waals surface area contributed by atoms with E-state index in [4.69, 9.17) is 9.47 Å². The fourth-order valence-electron chi connectivity index (χ4n) is 2.62. The van der Waals surface area contributed by atoms with Crippen LogP contribution in [0.1, 0.15) is 37.8 Å². The van der Waals surface area contributed by atoms with Crippen LogP contribution in [0.25, 0.3) is 0 Å². The van der Waals surface area contributed by atoms with Crippen molar-refractivity contribution in [1.82, 2.24) is 5.32 Å². The largest absolute Gasteiger partial charge is 0.490 e. The lowest BCUT2D eigenvalue weighted by Gasteiger charge is -2.20. The van der Waals surface area contributed by atoms with Gasteiger partial charge in [-0.1, -0.05) is 18.2 Å². The molecule has 0 bridgehead atoms. The SMILES string of the molecule is CNCc1cccc(C)c1OCC1CCC(C)(C)O1. The molecule has 1 atom stereocenters. The van der Waals surface area contributed by atoms with E-state index in [0.29, 0.717) is 6.61 Å². The maximum atomic E-state index is 6.03. The third kappa shape index (κ3) is 3.71. The molecule has 0 amide bonds. The molecule has 106 valence electrons. The molecule has 1 aromatic carbocycles. The van der Waals surface area contributed by atoms with Crippen molar-refractivity contribution in [2.75, 3.05) is 13.7 Å². The van der Waals surface area contributed by atoms with Gasteiger partial charge in [-0.05, 0) is 46.2 Å². The summed E-state index contributed by atoms with van der Waals surface area (Å²) >= 11 is 0. The zero-order valence-electron chi connectivity index (χ0n) is 12.5. The van der Waals surface area contributed by atoms with Crippen LogP contribution >= 0.6 is 0 Å². The third-order valence-corrected chi connectivity index (χ3v) is 3.63. The van der Waals surface area contributed by atoms with Crippen LogP contribution in [-0.2, 0) is 11.3 Å². The second-order valence-electron chi connectivity index (χ2n) is 5.94. The van der Waals surface area contributed by atoms with Crippen LogP contribution in [0.15, 0.2) is 18.2 Å². The minimum absolute atomic E-state index is 0.00750. The number of hydrogen-bond acceptors (Lipinski definition) is 3. The second kappa shape index (κ2) is 5.93. The molecule has 1 unspecified atom stereocenters. The molecule has 1 aliphatic heterocycles. The van der Waals surface area contributed by atoms with Crippen LogP contribution in [0.3, 0.4) is 0 Å². The summed E-state index contributed by atoms with van der Waals surface area (Å²) < 4.78 is 12.0. The van der Waals surface area contributed by atoms with Crippen LogP contribution in [0.5, 0.6) is 5.75 Å². The fraction of sp³-hybridized carbons (Fsp3) is 0.625. The number of benzene rings is 1. The van der Waals surface area contributed by atoms with Crippen LogP contribution in [0.4, 0.5) is 0 Å². The minimum Gasteiger partial charge on any atom is -0.490 e. The van der Waals surface area contributed by atoms with Gasteiger partial charge in [0.1, 0.15) is 12.4 Å². The number of para-hydroxylation sites is 1. The second-order valence-corrected chi connectivity index (χ2v) is 5.94. The van der Waals surface area contributed by atoms with Gasteiger partial charge in [0.15, 0.2) is 0 Å². The first-order chi connectivity index (χ1) is 9.02. The van der Waals surface area contributed by atoms with Crippen molar-refractivity contribution in [3.63, 3.8) is 0 Å². The van der Waals surface area contributed by atoms with Crippen molar-refractivity contribution >= 4 is 0 Å². The van der Waals surface area contributed by atoms with Gasteiger partial charge in [0.25, 0.3) is 0 Å². The molecule has 1 saturated heterocycles. The Labute approximate surface area is 116 Å². The van der Waals surface area contributed by atoms with Crippen LogP contribution < -0.4 is 10.1 Å². The van der Waals surface area contributed by atoms with Crippen LogP contribution in [-0.4, -0.2) is 25.4 Å². The number of rotatable bonds is 5. The highest BCUT2D eigenvalue weighted by Gasteiger charge is 2.32. The highest BCUT2D eigenvalue weighted by Crippen LogP contribution is 2.30. The molecule has 0 spiro atoms. The Balaban J connectivity index is 1.99. The summed E-state index contributed by atoms with van der Waals surface area (Å²) in [5.41, 5.74) is 2.40. The highest BCUT2D eigenvalue weighted by atomic mass is 16.6. The lowest BCUT2D eigenvalue weighted by atomic mass is 10.1. The van der Waals surface area contributed by atoms with E-state index in [9.17, 15) is 0 Å². The Bertz CT molecular complexity index is 429. The summed E-state index contributed by atoms with van der Waals surface area (Å²) in [6, 6.07) is 6.27. The molecular formula is C16H25NO2. The maximum Gasteiger partial charge on any atom is 0.126 e. The fourth-order valence-corrected chi connectivity index (χ4v) is 2.62. The smallest absolute Gasteiger partial charge is 0.126 e. The van der Waals surface area contributed by atoms with Gasteiger partial charge in [0.05, 0.1) is 11.7 Å². The molecule has 1 fully saturated rings. The van der Waals surface area contributed by atoms with Crippen molar-refractivity contribution in [3.8, 4) is 5.75 Å². The van der Waals surface area contributed by atoms with Gasteiger partial charge >= 0.3 is 0 Å². The monoisotopic (exact) mass is 263 g/mol. The summed E-state index contributed by atoms with van der Waals surface area (Å²) in [4.78, 5) is 0. The number of nitrogens with one attached hydrogen (secondary N) is 1. The lowest BCUT2D eigenvalue weighted by molar-refractivity contribution is -0.0328. The van der Waals surface area contributed by atoms with E-state index in [1.54, 1.807) is 0 Å². The third-order valence-electron chi connectivity index (χ3n) is 3.63. The Kier molecular flexibility index (Phi) is 4.48. The quantitative estimate of drug-likeness (QED) is 0.885. The van der Waals surface area contributed by atoms with Crippen molar-refractivity contribution in [1.29, 1.82) is 0 Å². The van der Waals surface area contributed by atoms with Gasteiger partial charge in [-0.2, -0.15) is 0 Å². The van der Waals surface area contributed by atoms with Gasteiger partial charge in [-0.3, -0.25) is 0 Å². The predicted molar refractivity (Wildman–Crippen MR) is 77.6 cm³/mol. The van der Waals surface area contributed by atoms with Crippen LogP contribution in [0, 0.1) is 6.92 Å². The molecule has 0 aromatic heterocycles. The van der Waals surface area contributed by atoms with Crippen molar-refractivity contribution in [2.24, 2.45) is 0 Å². The summed E-state index contributed by atoms with van der Waals surface area (Å²) in [7, 11) is 1.95. The number of hydrogen-bond donors (Lipinski definition) is 1. The van der Waals surface area contributed by atoms with E-state index >= 15 is 0 Å². The molecule has 0 saturated carbocycles. The summed E-state index contributed by atoms with van der Waals surface area (Å²) in [6.07, 6.45) is 2.41. The molecule has 1 aromatic rings. The summed E-state index contributed by atoms with van der Waals surface area (Å²) in [5, 5.41) is 3.18. The highest BCUT2D eigenvalue weighted by molar-refractivity contribution is 5.40. The molecular weight excluding hydrogens is 238 g/mol. The minimum atomic E-state index is 0.00750. The standard InChI is InChI=1S/C16H25NO2/c1-12-6-5-7-13(10-17-4)15(12)18-11-14-8-9-16(2,3)19-14/h5-7,14,17H,8-11H2,1-4H3. The predicted octanol–water partition coefficient (Wildman–Crippen LogP) is 3.05. The Morgan fingerprint density at radius 3 is 2.84 bits per heavy atom. The molecule has 19 heavy (non-hydrogen) atoms. The molecule has 3 nitrogen and oxygen atoms in total. The van der Waals surface area contributed by atoms with E-state index in [2.05, 4.69) is 44.3 Å². The van der Waals surface area contributed by atoms with Crippen molar-refractivity contribution in [3.05, 3.63) is 29.3 Å². The van der Waals surface area contributed by atoms with Gasteiger partial charge in [-0.15, -0.1) is 0 Å². The Morgan fingerprint density at radius 1 is 1.42 bits per heavy atom. The molecule has 1 heterocycles. The molecule has 0 aliphatic carbocycles. The molecule has 2 rings (SSSR count). The number of aryl methyl sites for hydroxylation is 1. The average Bonchev–Trinajstić information content (AvgIpc) is 2.69. The van der Waals surface area contributed by atoms with E-state index < -0.39 is 0 Å². The first-order valence-electron chi connectivity index (χ1n) is 7.05. The first kappa shape index (κ1) is 14.4. The zero-order chi connectivity index (χ0) is 13.9. The molecule has 1 N–H and O–H groups in total. The van der Waals surface area contributed by atoms with Gasteiger partial charge in [0, 0.05) is 12.1 Å². The average molecular weight is 263 g/mol.